The smallest absolute Gasteiger partial charge is 0.123 e. The Bertz CT molecular complexity index is 518. The number of hydrogen-bond donors (Lipinski definition) is 1. The lowest BCUT2D eigenvalue weighted by atomic mass is 10.0. The van der Waals surface area contributed by atoms with E-state index in [0.29, 0.717) is 15.9 Å². The Labute approximate surface area is 104 Å². The number of aryl methyl sites for hydroxylation is 1. The topological polar surface area (TPSA) is 38.9 Å². The fourth-order valence-electron chi connectivity index (χ4n) is 1.59. The van der Waals surface area contributed by atoms with Crippen LogP contribution in [0.4, 0.5) is 5.82 Å². The van der Waals surface area contributed by atoms with Crippen LogP contribution in [0.5, 0.6) is 0 Å². The van der Waals surface area contributed by atoms with Crippen molar-refractivity contribution in [3.8, 4) is 11.1 Å². The summed E-state index contributed by atoms with van der Waals surface area (Å²) in [5, 5.41) is 1.22. The van der Waals surface area contributed by atoms with Crippen molar-refractivity contribution in [2.24, 2.45) is 0 Å². The molecule has 0 amide bonds. The molecular formula is C12H10Cl2N2. The fraction of sp³-hybridized carbons (Fsp3) is 0.0833. The first-order valence-electron chi connectivity index (χ1n) is 4.76. The van der Waals surface area contributed by atoms with E-state index in [1.807, 2.05) is 25.1 Å². The zero-order valence-corrected chi connectivity index (χ0v) is 10.2. The Morgan fingerprint density at radius 2 is 1.69 bits per heavy atom. The first-order chi connectivity index (χ1) is 7.56. The van der Waals surface area contributed by atoms with Gasteiger partial charge in [0.15, 0.2) is 0 Å². The van der Waals surface area contributed by atoms with Gasteiger partial charge in [-0.05, 0) is 42.8 Å². The molecule has 0 unspecified atom stereocenters. The number of benzene rings is 1. The Balaban J connectivity index is 2.58. The summed E-state index contributed by atoms with van der Waals surface area (Å²) in [6.45, 7) is 1.90. The van der Waals surface area contributed by atoms with Crippen molar-refractivity contribution in [2.75, 3.05) is 5.73 Å². The predicted molar refractivity (Wildman–Crippen MR) is 68.8 cm³/mol. The molecule has 0 bridgehead atoms. The van der Waals surface area contributed by atoms with E-state index >= 15 is 0 Å². The van der Waals surface area contributed by atoms with Gasteiger partial charge < -0.3 is 5.73 Å². The summed E-state index contributed by atoms with van der Waals surface area (Å²) in [7, 11) is 0. The minimum atomic E-state index is 0.509. The van der Waals surface area contributed by atoms with Gasteiger partial charge in [0.2, 0.25) is 0 Å². The number of anilines is 1. The minimum Gasteiger partial charge on any atom is -0.384 e. The van der Waals surface area contributed by atoms with Crippen LogP contribution in [-0.2, 0) is 0 Å². The zero-order chi connectivity index (χ0) is 11.7. The Hall–Kier alpha value is -1.25. The minimum absolute atomic E-state index is 0.509. The summed E-state index contributed by atoms with van der Waals surface area (Å²) in [5.41, 5.74) is 8.39. The molecule has 1 aromatic carbocycles. The number of pyridine rings is 1. The largest absolute Gasteiger partial charge is 0.384 e. The lowest BCUT2D eigenvalue weighted by Gasteiger charge is -2.07. The molecule has 16 heavy (non-hydrogen) atoms. The summed E-state index contributed by atoms with van der Waals surface area (Å²) < 4.78 is 0. The van der Waals surface area contributed by atoms with Crippen molar-refractivity contribution >= 4 is 29.0 Å². The lowest BCUT2D eigenvalue weighted by Crippen LogP contribution is -1.94. The molecule has 2 aromatic rings. The van der Waals surface area contributed by atoms with E-state index in [2.05, 4.69) is 4.98 Å². The first kappa shape index (κ1) is 11.2. The molecule has 0 aliphatic rings. The van der Waals surface area contributed by atoms with E-state index in [4.69, 9.17) is 28.9 Å². The van der Waals surface area contributed by atoms with Gasteiger partial charge in [-0.1, -0.05) is 23.2 Å². The van der Waals surface area contributed by atoms with Crippen LogP contribution in [0.25, 0.3) is 11.1 Å². The van der Waals surface area contributed by atoms with Crippen LogP contribution >= 0.6 is 23.2 Å². The zero-order valence-electron chi connectivity index (χ0n) is 8.67. The van der Waals surface area contributed by atoms with Crippen molar-refractivity contribution in [2.45, 2.75) is 6.92 Å². The van der Waals surface area contributed by atoms with Crippen molar-refractivity contribution in [1.82, 2.24) is 4.98 Å². The number of hydrogen-bond acceptors (Lipinski definition) is 2. The highest BCUT2D eigenvalue weighted by molar-refractivity contribution is 6.35. The third-order valence-electron chi connectivity index (χ3n) is 2.28. The summed E-state index contributed by atoms with van der Waals surface area (Å²) >= 11 is 11.9. The van der Waals surface area contributed by atoms with E-state index in [1.54, 1.807) is 12.1 Å². The second-order valence-electron chi connectivity index (χ2n) is 3.53. The highest BCUT2D eigenvalue weighted by Gasteiger charge is 2.05. The normalized spacial score (nSPS) is 10.4. The van der Waals surface area contributed by atoms with E-state index in [0.717, 1.165) is 16.8 Å². The van der Waals surface area contributed by atoms with E-state index in [9.17, 15) is 0 Å². The van der Waals surface area contributed by atoms with Gasteiger partial charge in [-0.15, -0.1) is 0 Å². The third kappa shape index (κ3) is 2.29. The van der Waals surface area contributed by atoms with Crippen LogP contribution < -0.4 is 5.73 Å². The van der Waals surface area contributed by atoms with Gasteiger partial charge in [0.1, 0.15) is 5.82 Å². The fourth-order valence-corrected chi connectivity index (χ4v) is 2.12. The average molecular weight is 253 g/mol. The first-order valence-corrected chi connectivity index (χ1v) is 5.51. The number of nitrogens with two attached hydrogens (primary N) is 1. The number of halogens is 2. The molecule has 0 aliphatic heterocycles. The molecule has 0 radical (unpaired) electrons. The molecule has 0 saturated carbocycles. The van der Waals surface area contributed by atoms with Crippen molar-refractivity contribution in [1.29, 1.82) is 0 Å². The van der Waals surface area contributed by atoms with Gasteiger partial charge in [-0.2, -0.15) is 0 Å². The Morgan fingerprint density at radius 3 is 2.25 bits per heavy atom. The average Bonchev–Trinajstić information content (AvgIpc) is 2.15. The van der Waals surface area contributed by atoms with Gasteiger partial charge in [-0.3, -0.25) is 0 Å². The monoisotopic (exact) mass is 252 g/mol. The molecule has 1 heterocycles. The Kier molecular flexibility index (Phi) is 3.03. The second kappa shape index (κ2) is 4.32. The molecule has 0 atom stereocenters. The summed E-state index contributed by atoms with van der Waals surface area (Å²) in [6, 6.07) is 9.09. The molecule has 82 valence electrons. The van der Waals surface area contributed by atoms with Crippen LogP contribution in [0, 0.1) is 6.92 Å². The maximum Gasteiger partial charge on any atom is 0.123 e. The molecule has 0 fully saturated rings. The standard InChI is InChI=1S/C12H10Cl2N2/c1-7-11(2-3-12(15)16-7)8-4-9(13)6-10(14)5-8/h2-6H,1H3,(H2,15,16). The molecule has 0 spiro atoms. The maximum atomic E-state index is 5.95. The number of nitrogen functional groups attached to an aromatic ring is 1. The van der Waals surface area contributed by atoms with Crippen LogP contribution in [-0.4, -0.2) is 4.98 Å². The molecule has 2 rings (SSSR count). The quantitative estimate of drug-likeness (QED) is 0.835. The molecule has 2 N–H and O–H groups in total. The molecular weight excluding hydrogens is 243 g/mol. The summed E-state index contributed by atoms with van der Waals surface area (Å²) in [4.78, 5) is 4.20. The van der Waals surface area contributed by atoms with Gasteiger partial charge in [-0.25, -0.2) is 4.98 Å². The van der Waals surface area contributed by atoms with Gasteiger partial charge in [0, 0.05) is 21.3 Å². The summed E-state index contributed by atoms with van der Waals surface area (Å²) in [5.74, 6) is 0.509. The van der Waals surface area contributed by atoms with Crippen LogP contribution in [0.15, 0.2) is 30.3 Å². The van der Waals surface area contributed by atoms with Gasteiger partial charge in [0.05, 0.1) is 0 Å². The Morgan fingerprint density at radius 1 is 1.06 bits per heavy atom. The third-order valence-corrected chi connectivity index (χ3v) is 2.72. The van der Waals surface area contributed by atoms with E-state index < -0.39 is 0 Å². The molecule has 0 saturated heterocycles. The molecule has 0 aliphatic carbocycles. The summed E-state index contributed by atoms with van der Waals surface area (Å²) in [6.07, 6.45) is 0. The molecule has 2 nitrogen and oxygen atoms in total. The second-order valence-corrected chi connectivity index (χ2v) is 4.40. The maximum absolute atomic E-state index is 5.95. The van der Waals surface area contributed by atoms with Crippen LogP contribution in [0.2, 0.25) is 10.0 Å². The van der Waals surface area contributed by atoms with E-state index in [1.165, 1.54) is 0 Å². The number of nitrogens with zero attached hydrogens (tertiary/aromatic N) is 1. The van der Waals surface area contributed by atoms with Gasteiger partial charge >= 0.3 is 0 Å². The van der Waals surface area contributed by atoms with E-state index in [-0.39, 0.29) is 0 Å². The van der Waals surface area contributed by atoms with Gasteiger partial charge in [0.25, 0.3) is 0 Å². The van der Waals surface area contributed by atoms with Crippen molar-refractivity contribution in [3.05, 3.63) is 46.1 Å². The number of rotatable bonds is 1. The number of aromatic nitrogens is 1. The SMILES string of the molecule is Cc1nc(N)ccc1-c1cc(Cl)cc(Cl)c1. The highest BCUT2D eigenvalue weighted by Crippen LogP contribution is 2.29. The lowest BCUT2D eigenvalue weighted by molar-refractivity contribution is 1.21. The van der Waals surface area contributed by atoms with Crippen molar-refractivity contribution < 1.29 is 0 Å². The van der Waals surface area contributed by atoms with Crippen molar-refractivity contribution in [3.63, 3.8) is 0 Å². The highest BCUT2D eigenvalue weighted by atomic mass is 35.5. The molecule has 1 aromatic heterocycles. The van der Waals surface area contributed by atoms with Crippen LogP contribution in [0.1, 0.15) is 5.69 Å². The molecule has 4 heteroatoms. The predicted octanol–water partition coefficient (Wildman–Crippen LogP) is 3.95. The van der Waals surface area contributed by atoms with Crippen LogP contribution in [0.3, 0.4) is 0 Å².